The zero-order valence-corrected chi connectivity index (χ0v) is 25.5. The normalized spacial score (nSPS) is 22.6. The molecule has 1 spiro atoms. The molecule has 218 valence electrons. The van der Waals surface area contributed by atoms with Gasteiger partial charge in [-0.15, -0.1) is 10.2 Å². The van der Waals surface area contributed by atoms with Crippen LogP contribution in [0.3, 0.4) is 0 Å². The average Bonchev–Trinajstić information content (AvgIpc) is 3.49. The van der Waals surface area contributed by atoms with E-state index in [1.54, 1.807) is 0 Å². The van der Waals surface area contributed by atoms with Crippen molar-refractivity contribution in [3.63, 3.8) is 0 Å². The van der Waals surface area contributed by atoms with Gasteiger partial charge in [-0.2, -0.15) is 5.21 Å². The summed E-state index contributed by atoms with van der Waals surface area (Å²) in [4.78, 5) is 34.3. The first kappa shape index (κ1) is 29.9. The fraction of sp³-hybridized carbons (Fsp3) is 0.677. The van der Waals surface area contributed by atoms with Crippen LogP contribution < -0.4 is 5.32 Å². The van der Waals surface area contributed by atoms with Crippen molar-refractivity contribution < 1.29 is 9.59 Å². The zero-order chi connectivity index (χ0) is 29.3. The number of nitrogens with one attached hydrogen (secondary N) is 2. The molecule has 40 heavy (non-hydrogen) atoms. The average molecular weight is 550 g/mol. The Balaban J connectivity index is 1.64. The number of aliphatic imine (C=N–C) groups is 1. The summed E-state index contributed by atoms with van der Waals surface area (Å²) in [6.07, 6.45) is 5.70. The van der Waals surface area contributed by atoms with Crippen molar-refractivity contribution in [3.8, 4) is 0 Å². The van der Waals surface area contributed by atoms with Gasteiger partial charge < -0.3 is 10.2 Å². The summed E-state index contributed by atoms with van der Waals surface area (Å²) in [5.41, 5.74) is 2.16. The highest BCUT2D eigenvalue weighted by Gasteiger charge is 2.52. The minimum absolute atomic E-state index is 0.0725. The van der Waals surface area contributed by atoms with Gasteiger partial charge in [0.2, 0.25) is 0 Å². The lowest BCUT2D eigenvalue weighted by molar-refractivity contribution is -0.134. The largest absolute Gasteiger partial charge is 0.345 e. The lowest BCUT2D eigenvalue weighted by Crippen LogP contribution is -2.51. The number of aromatic nitrogens is 4. The molecule has 1 aliphatic heterocycles. The minimum Gasteiger partial charge on any atom is -0.345 e. The van der Waals surface area contributed by atoms with Crippen molar-refractivity contribution >= 4 is 17.5 Å². The second-order valence-corrected chi connectivity index (χ2v) is 14.2. The highest BCUT2D eigenvalue weighted by molar-refractivity contribution is 6.41. The van der Waals surface area contributed by atoms with Crippen LogP contribution in [0.15, 0.2) is 29.3 Å². The first-order valence-corrected chi connectivity index (χ1v) is 14.7. The first-order valence-electron chi connectivity index (χ1n) is 14.7. The fourth-order valence-corrected chi connectivity index (χ4v) is 6.13. The number of rotatable bonds is 8. The lowest BCUT2D eigenvalue weighted by Gasteiger charge is -2.48. The molecule has 9 nitrogen and oxygen atoms in total. The van der Waals surface area contributed by atoms with Crippen LogP contribution >= 0.6 is 0 Å². The van der Waals surface area contributed by atoms with Crippen LogP contribution in [0.4, 0.5) is 0 Å². The molecule has 1 atom stereocenters. The zero-order valence-electron chi connectivity index (χ0n) is 25.5. The Morgan fingerprint density at radius 3 is 2.27 bits per heavy atom. The number of hydrogen-bond acceptors (Lipinski definition) is 6. The highest BCUT2D eigenvalue weighted by Crippen LogP contribution is 2.50. The van der Waals surface area contributed by atoms with E-state index in [0.29, 0.717) is 23.0 Å². The van der Waals surface area contributed by atoms with Crippen molar-refractivity contribution in [2.45, 2.75) is 112 Å². The third-order valence-corrected chi connectivity index (χ3v) is 8.61. The summed E-state index contributed by atoms with van der Waals surface area (Å²) < 4.78 is 0. The third-order valence-electron chi connectivity index (χ3n) is 8.61. The molecular formula is C31H47N7O2. The number of benzene rings is 1. The van der Waals surface area contributed by atoms with Crippen molar-refractivity contribution in [2.24, 2.45) is 27.7 Å². The van der Waals surface area contributed by atoms with Gasteiger partial charge in [-0.1, -0.05) is 72.7 Å². The summed E-state index contributed by atoms with van der Waals surface area (Å²) >= 11 is 0. The predicted octanol–water partition coefficient (Wildman–Crippen LogP) is 5.87. The molecule has 2 aliphatic rings. The summed E-state index contributed by atoms with van der Waals surface area (Å²) in [6.45, 7) is 18.0. The van der Waals surface area contributed by atoms with E-state index in [-0.39, 0.29) is 41.1 Å². The van der Waals surface area contributed by atoms with E-state index >= 15 is 0 Å². The van der Waals surface area contributed by atoms with E-state index in [1.165, 1.54) is 0 Å². The monoisotopic (exact) mass is 549 g/mol. The van der Waals surface area contributed by atoms with Crippen LogP contribution in [0.1, 0.15) is 122 Å². The van der Waals surface area contributed by atoms with Gasteiger partial charge in [0.15, 0.2) is 5.82 Å². The van der Waals surface area contributed by atoms with Gasteiger partial charge >= 0.3 is 0 Å². The predicted molar refractivity (Wildman–Crippen MR) is 156 cm³/mol. The Kier molecular flexibility index (Phi) is 8.52. The molecule has 4 rings (SSSR count). The molecule has 0 radical (unpaired) electrons. The second-order valence-electron chi connectivity index (χ2n) is 14.2. The number of carbonyl (C=O) groups is 2. The molecule has 1 aromatic carbocycles. The number of tetrazole rings is 1. The Hall–Kier alpha value is -3.10. The number of H-pyrrole nitrogens is 1. The van der Waals surface area contributed by atoms with Gasteiger partial charge in [-0.05, 0) is 73.0 Å². The van der Waals surface area contributed by atoms with Gasteiger partial charge in [0, 0.05) is 11.5 Å². The van der Waals surface area contributed by atoms with Gasteiger partial charge in [0.1, 0.15) is 11.4 Å². The topological polar surface area (TPSA) is 116 Å². The third kappa shape index (κ3) is 6.61. The molecule has 1 saturated carbocycles. The summed E-state index contributed by atoms with van der Waals surface area (Å²) in [7, 11) is 0. The maximum Gasteiger partial charge on any atom is 0.270 e. The molecule has 2 aromatic rings. The summed E-state index contributed by atoms with van der Waals surface area (Å²) in [6, 6.07) is 7.59. The molecule has 0 bridgehead atoms. The Bertz CT molecular complexity index is 1200. The lowest BCUT2D eigenvalue weighted by atomic mass is 9.69. The fourth-order valence-electron chi connectivity index (χ4n) is 6.13. The SMILES string of the molecule is CC(C)C1=NC2(CCC(C(C)(C)C)CC2)N([C@H](CCC(C)(C)C)c2ccc(C(=O)NCc3nn[nH]n3)cc2)C1=O. The van der Waals surface area contributed by atoms with Crippen LogP contribution in [0.5, 0.6) is 0 Å². The molecule has 0 saturated heterocycles. The van der Waals surface area contributed by atoms with Crippen LogP contribution in [-0.4, -0.2) is 48.7 Å². The number of aromatic amines is 1. The standard InChI is InChI=1S/C31H47N7O2/c1-20(2)26-28(40)38(31(33-26)17-13-23(14-18-31)30(6,7)8)24(15-16-29(3,4)5)21-9-11-22(12-10-21)27(39)32-19-25-34-36-37-35-25/h9-12,20,23-24H,13-19H2,1-8H3,(H,32,39)(H,34,35,36,37)/t23?,24-,31?/m1/s1. The van der Waals surface area contributed by atoms with Crippen molar-refractivity contribution in [3.05, 3.63) is 41.2 Å². The van der Waals surface area contributed by atoms with E-state index in [9.17, 15) is 9.59 Å². The highest BCUT2D eigenvalue weighted by atomic mass is 16.2. The molecule has 9 heteroatoms. The molecule has 2 heterocycles. The van der Waals surface area contributed by atoms with Crippen molar-refractivity contribution in [1.29, 1.82) is 0 Å². The smallest absolute Gasteiger partial charge is 0.270 e. The number of hydrogen-bond donors (Lipinski definition) is 2. The van der Waals surface area contributed by atoms with E-state index in [0.717, 1.165) is 44.1 Å². The molecule has 2 N–H and O–H groups in total. The molecular weight excluding hydrogens is 502 g/mol. The summed E-state index contributed by atoms with van der Waals surface area (Å²) in [5, 5.41) is 16.5. The quantitative estimate of drug-likeness (QED) is 0.427. The molecule has 1 aliphatic carbocycles. The summed E-state index contributed by atoms with van der Waals surface area (Å²) in [5.74, 6) is 0.981. The molecule has 1 aromatic heterocycles. The van der Waals surface area contributed by atoms with Gasteiger partial charge in [-0.25, -0.2) is 0 Å². The van der Waals surface area contributed by atoms with E-state index in [2.05, 4.69) is 86.2 Å². The van der Waals surface area contributed by atoms with Gasteiger partial charge in [0.05, 0.1) is 12.6 Å². The number of carbonyl (C=O) groups excluding carboxylic acids is 2. The van der Waals surface area contributed by atoms with Crippen molar-refractivity contribution in [1.82, 2.24) is 30.8 Å². The van der Waals surface area contributed by atoms with Gasteiger partial charge in [-0.3, -0.25) is 14.6 Å². The van der Waals surface area contributed by atoms with Crippen LogP contribution in [0.25, 0.3) is 0 Å². The maximum atomic E-state index is 14.1. The maximum absolute atomic E-state index is 14.1. The number of amides is 2. The second kappa shape index (κ2) is 11.4. The Labute approximate surface area is 239 Å². The van der Waals surface area contributed by atoms with E-state index < -0.39 is 5.66 Å². The van der Waals surface area contributed by atoms with Gasteiger partial charge in [0.25, 0.3) is 11.8 Å². The Morgan fingerprint density at radius 2 is 1.75 bits per heavy atom. The van der Waals surface area contributed by atoms with E-state index in [4.69, 9.17) is 4.99 Å². The number of nitrogens with zero attached hydrogens (tertiary/aromatic N) is 5. The van der Waals surface area contributed by atoms with Crippen LogP contribution in [0, 0.1) is 22.7 Å². The van der Waals surface area contributed by atoms with Crippen molar-refractivity contribution in [2.75, 3.05) is 0 Å². The molecule has 2 amide bonds. The van der Waals surface area contributed by atoms with Crippen LogP contribution in [-0.2, 0) is 11.3 Å². The Morgan fingerprint density at radius 1 is 1.10 bits per heavy atom. The minimum atomic E-state index is -0.498. The van der Waals surface area contributed by atoms with Crippen LogP contribution in [0.2, 0.25) is 0 Å². The molecule has 1 fully saturated rings. The van der Waals surface area contributed by atoms with E-state index in [1.807, 2.05) is 24.3 Å². The molecule has 0 unspecified atom stereocenters. The first-order chi connectivity index (χ1) is 18.7.